The number of carbonyl (C=O) groups excluding carboxylic acids is 1. The maximum Gasteiger partial charge on any atom is 0.338 e. The smallest absolute Gasteiger partial charge is 0.338 e. The van der Waals surface area contributed by atoms with Crippen LogP contribution in [0.1, 0.15) is 30.1 Å². The molecule has 0 saturated heterocycles. The Morgan fingerprint density at radius 3 is 2.21 bits per heavy atom. The molecule has 0 amide bonds. The van der Waals surface area contributed by atoms with E-state index in [1.165, 1.54) is 30.3 Å². The summed E-state index contributed by atoms with van der Waals surface area (Å²) in [6.45, 7) is 1.18. The molecule has 0 aliphatic heterocycles. The molecule has 7 nitrogen and oxygen atoms in total. The molecule has 0 aliphatic carbocycles. The van der Waals surface area contributed by atoms with Crippen LogP contribution in [0.3, 0.4) is 0 Å². The van der Waals surface area contributed by atoms with Crippen molar-refractivity contribution in [2.45, 2.75) is 29.5 Å². The van der Waals surface area contributed by atoms with Crippen molar-refractivity contribution in [3.63, 3.8) is 0 Å². The predicted octanol–water partition coefficient (Wildman–Crippen LogP) is 3.65. The number of carbonyl (C=O) groups is 1. The maximum atomic E-state index is 12.7. The summed E-state index contributed by atoms with van der Waals surface area (Å²) in [4.78, 5) is 20.3. The van der Waals surface area contributed by atoms with Gasteiger partial charge in [-0.3, -0.25) is 10.1 Å². The fourth-order valence-electron chi connectivity index (χ4n) is 2.43. The molecule has 0 bridgehead atoms. The number of nitrogens with zero attached hydrogens (tertiary/aromatic N) is 1. The number of nitro groups is 1. The molecule has 0 aromatic heterocycles. The molecule has 0 N–H and O–H groups in total. The van der Waals surface area contributed by atoms with Crippen molar-refractivity contribution < 1.29 is 22.9 Å². The van der Waals surface area contributed by atoms with Crippen molar-refractivity contribution in [3.8, 4) is 0 Å². The molecule has 28 heavy (non-hydrogen) atoms. The highest BCUT2D eigenvalue weighted by Gasteiger charge is 2.50. The van der Waals surface area contributed by atoms with E-state index in [4.69, 9.17) is 4.74 Å². The van der Waals surface area contributed by atoms with Crippen molar-refractivity contribution in [2.24, 2.45) is 0 Å². The fraction of sp³-hybridized carbons (Fsp3) is 0.250. The van der Waals surface area contributed by atoms with E-state index < -0.39 is 25.6 Å². The Bertz CT molecular complexity index is 941. The average Bonchev–Trinajstić information content (AvgIpc) is 2.71. The summed E-state index contributed by atoms with van der Waals surface area (Å²) < 4.78 is 30.5. The van der Waals surface area contributed by atoms with Crippen LogP contribution in [-0.2, 0) is 14.6 Å². The van der Waals surface area contributed by atoms with Crippen molar-refractivity contribution in [1.29, 1.82) is 0 Å². The van der Waals surface area contributed by atoms with E-state index in [0.717, 1.165) is 6.92 Å². The van der Waals surface area contributed by atoms with Crippen LogP contribution in [0.4, 0.5) is 0 Å². The first-order valence-corrected chi connectivity index (χ1v) is 10.1. The molecular weight excluding hydrogens is 382 g/mol. The molecule has 0 spiro atoms. The number of rotatable bonds is 9. The van der Waals surface area contributed by atoms with Gasteiger partial charge in [0.05, 0.1) is 23.5 Å². The van der Waals surface area contributed by atoms with Crippen molar-refractivity contribution in [2.75, 3.05) is 6.61 Å². The third-order valence-corrected chi connectivity index (χ3v) is 6.58. The zero-order valence-electron chi connectivity index (χ0n) is 15.4. The minimum absolute atomic E-state index is 0.0881. The van der Waals surface area contributed by atoms with E-state index >= 15 is 0 Å². The van der Waals surface area contributed by atoms with Crippen molar-refractivity contribution >= 4 is 15.8 Å². The minimum atomic E-state index is -4.18. The van der Waals surface area contributed by atoms with E-state index in [-0.39, 0.29) is 17.9 Å². The first-order chi connectivity index (χ1) is 13.3. The van der Waals surface area contributed by atoms with Crippen LogP contribution in [-0.4, -0.2) is 30.8 Å². The van der Waals surface area contributed by atoms with E-state index in [9.17, 15) is 23.3 Å². The van der Waals surface area contributed by atoms with Gasteiger partial charge in [0, 0.05) is 11.8 Å². The molecular formula is C20H21NO6S. The molecule has 0 heterocycles. The molecule has 0 radical (unpaired) electrons. The fourth-order valence-corrected chi connectivity index (χ4v) is 3.97. The standard InChI is InChI=1S/C20H21NO6S/c1-20(21(23)24,28(25,26)18-13-7-3-8-14-18)15-9-4-10-16-27-19(22)17-11-5-2-6-12-17/h2-9,11-14H,10,15-16H2,1H3/b9-4+. The summed E-state index contributed by atoms with van der Waals surface area (Å²) >= 11 is 0. The van der Waals surface area contributed by atoms with Gasteiger partial charge in [-0.05, 0) is 30.7 Å². The molecule has 2 aromatic rings. The lowest BCUT2D eigenvalue weighted by Gasteiger charge is -2.19. The minimum Gasteiger partial charge on any atom is -0.462 e. The van der Waals surface area contributed by atoms with Crippen LogP contribution in [0.2, 0.25) is 0 Å². The first kappa shape index (κ1) is 21.3. The van der Waals surface area contributed by atoms with Gasteiger partial charge in [-0.15, -0.1) is 0 Å². The summed E-state index contributed by atoms with van der Waals surface area (Å²) in [6, 6.07) is 15.9. The third kappa shape index (κ3) is 4.83. The molecule has 1 unspecified atom stereocenters. The van der Waals surface area contributed by atoms with Gasteiger partial charge < -0.3 is 4.74 Å². The van der Waals surface area contributed by atoms with E-state index in [2.05, 4.69) is 0 Å². The van der Waals surface area contributed by atoms with Crippen molar-refractivity contribution in [3.05, 3.63) is 88.5 Å². The SMILES string of the molecule is CC(C/C=C/CCOC(=O)c1ccccc1)([N+](=O)[O-])S(=O)(=O)c1ccccc1. The average molecular weight is 403 g/mol. The Kier molecular flexibility index (Phi) is 7.06. The van der Waals surface area contributed by atoms with Gasteiger partial charge in [0.25, 0.3) is 0 Å². The van der Waals surface area contributed by atoms with Gasteiger partial charge in [-0.2, -0.15) is 0 Å². The maximum absolute atomic E-state index is 12.7. The van der Waals surface area contributed by atoms with Crippen LogP contribution >= 0.6 is 0 Å². The van der Waals surface area contributed by atoms with E-state index in [0.29, 0.717) is 12.0 Å². The molecule has 148 valence electrons. The lowest BCUT2D eigenvalue weighted by molar-refractivity contribution is -0.535. The van der Waals surface area contributed by atoms with Gasteiger partial charge in [-0.25, -0.2) is 13.2 Å². The molecule has 8 heteroatoms. The van der Waals surface area contributed by atoms with Gasteiger partial charge in [0.1, 0.15) is 0 Å². The molecule has 0 saturated carbocycles. The van der Waals surface area contributed by atoms with E-state index in [1.54, 1.807) is 42.5 Å². The van der Waals surface area contributed by atoms with Gasteiger partial charge in [0.15, 0.2) is 0 Å². The summed E-state index contributed by atoms with van der Waals surface area (Å²) in [6.07, 6.45) is 3.02. The van der Waals surface area contributed by atoms with Crippen LogP contribution in [0.5, 0.6) is 0 Å². The molecule has 0 aliphatic rings. The van der Waals surface area contributed by atoms with Gasteiger partial charge in [0.2, 0.25) is 9.84 Å². The molecule has 1 atom stereocenters. The Balaban J connectivity index is 1.96. The second-order valence-electron chi connectivity index (χ2n) is 6.21. The molecule has 2 rings (SSSR count). The zero-order valence-corrected chi connectivity index (χ0v) is 16.2. The number of sulfone groups is 1. The van der Waals surface area contributed by atoms with Crippen LogP contribution in [0, 0.1) is 10.1 Å². The number of esters is 1. The second kappa shape index (κ2) is 9.27. The van der Waals surface area contributed by atoms with Gasteiger partial charge in [-0.1, -0.05) is 48.6 Å². The number of benzene rings is 2. The first-order valence-electron chi connectivity index (χ1n) is 8.60. The van der Waals surface area contributed by atoms with Crippen LogP contribution in [0.15, 0.2) is 77.7 Å². The van der Waals surface area contributed by atoms with Crippen molar-refractivity contribution in [1.82, 2.24) is 0 Å². The largest absolute Gasteiger partial charge is 0.462 e. The Hall–Kier alpha value is -3.00. The van der Waals surface area contributed by atoms with Crippen LogP contribution in [0.25, 0.3) is 0 Å². The summed E-state index contributed by atoms with van der Waals surface area (Å²) in [7, 11) is -4.18. The lowest BCUT2D eigenvalue weighted by atomic mass is 10.2. The Morgan fingerprint density at radius 2 is 1.64 bits per heavy atom. The summed E-state index contributed by atoms with van der Waals surface area (Å²) in [5, 5.41) is 11.5. The summed E-state index contributed by atoms with van der Waals surface area (Å²) in [5.41, 5.74) is 0.432. The second-order valence-corrected chi connectivity index (χ2v) is 8.57. The topological polar surface area (TPSA) is 104 Å². The highest BCUT2D eigenvalue weighted by molar-refractivity contribution is 7.92. The Morgan fingerprint density at radius 1 is 1.07 bits per heavy atom. The monoisotopic (exact) mass is 403 g/mol. The van der Waals surface area contributed by atoms with E-state index in [1.807, 2.05) is 0 Å². The van der Waals surface area contributed by atoms with Gasteiger partial charge >= 0.3 is 10.8 Å². The third-order valence-electron chi connectivity index (χ3n) is 4.21. The highest BCUT2D eigenvalue weighted by Crippen LogP contribution is 2.29. The van der Waals surface area contributed by atoms with Crippen LogP contribution < -0.4 is 0 Å². The molecule has 0 fully saturated rings. The molecule has 2 aromatic carbocycles. The normalized spacial score (nSPS) is 13.8. The Labute approximate surface area is 163 Å². The summed E-state index contributed by atoms with van der Waals surface area (Å²) in [5.74, 6) is -0.462. The number of hydrogen-bond donors (Lipinski definition) is 0. The predicted molar refractivity (Wildman–Crippen MR) is 104 cm³/mol. The number of ether oxygens (including phenoxy) is 1. The zero-order chi connectivity index (χ0) is 20.6. The number of hydrogen-bond acceptors (Lipinski definition) is 6. The highest BCUT2D eigenvalue weighted by atomic mass is 32.2. The lowest BCUT2D eigenvalue weighted by Crippen LogP contribution is -2.42. The quantitative estimate of drug-likeness (QED) is 0.208.